The summed E-state index contributed by atoms with van der Waals surface area (Å²) in [6, 6.07) is 28.3. The first-order valence-corrected chi connectivity index (χ1v) is 16.1. The highest BCUT2D eigenvalue weighted by Gasteiger charge is 2.35. The molecule has 1 atom stereocenters. The number of benzene rings is 4. The fraction of sp³-hybridized carbons (Fsp3) is 0.257. The molecular formula is C35H38FN3O5S. The second-order valence-corrected chi connectivity index (χ2v) is 12.8. The number of halogens is 1. The van der Waals surface area contributed by atoms with Crippen LogP contribution in [0.5, 0.6) is 5.75 Å². The number of para-hydroxylation sites is 1. The molecule has 1 unspecified atom stereocenters. The number of nitrogens with one attached hydrogen (secondary N) is 1. The van der Waals surface area contributed by atoms with Gasteiger partial charge in [-0.1, -0.05) is 80.6 Å². The maximum atomic E-state index is 15.0. The summed E-state index contributed by atoms with van der Waals surface area (Å²) >= 11 is 0. The van der Waals surface area contributed by atoms with Crippen molar-refractivity contribution in [2.45, 2.75) is 37.8 Å². The fourth-order valence-corrected chi connectivity index (χ4v) is 6.20. The van der Waals surface area contributed by atoms with Crippen molar-refractivity contribution < 1.29 is 27.1 Å². The van der Waals surface area contributed by atoms with E-state index in [2.05, 4.69) is 5.32 Å². The Hall–Kier alpha value is -4.70. The number of sulfonamides is 1. The van der Waals surface area contributed by atoms with Crippen molar-refractivity contribution in [1.82, 2.24) is 10.2 Å². The number of carbonyl (C=O) groups is 2. The summed E-state index contributed by atoms with van der Waals surface area (Å²) in [7, 11) is -2.78. The van der Waals surface area contributed by atoms with Gasteiger partial charge in [-0.15, -0.1) is 0 Å². The molecule has 0 fully saturated rings. The van der Waals surface area contributed by atoms with Gasteiger partial charge in [0.25, 0.3) is 10.0 Å². The summed E-state index contributed by atoms with van der Waals surface area (Å²) in [6.07, 6.45) is 0.140. The van der Waals surface area contributed by atoms with Crippen LogP contribution >= 0.6 is 0 Å². The van der Waals surface area contributed by atoms with E-state index in [4.69, 9.17) is 4.74 Å². The molecular weight excluding hydrogens is 593 g/mol. The van der Waals surface area contributed by atoms with Crippen molar-refractivity contribution in [3.05, 3.63) is 126 Å². The largest absolute Gasteiger partial charge is 0.497 e. The number of anilines is 1. The minimum Gasteiger partial charge on any atom is -0.497 e. The monoisotopic (exact) mass is 631 g/mol. The van der Waals surface area contributed by atoms with E-state index in [0.29, 0.717) is 12.3 Å². The quantitative estimate of drug-likeness (QED) is 0.200. The number of rotatable bonds is 14. The first-order valence-electron chi connectivity index (χ1n) is 14.7. The third kappa shape index (κ3) is 8.69. The van der Waals surface area contributed by atoms with Crippen LogP contribution in [0.3, 0.4) is 0 Å². The van der Waals surface area contributed by atoms with Gasteiger partial charge < -0.3 is 15.0 Å². The second-order valence-electron chi connectivity index (χ2n) is 11.0. The molecule has 0 bridgehead atoms. The summed E-state index contributed by atoms with van der Waals surface area (Å²) in [5.74, 6) is -1.00. The minimum absolute atomic E-state index is 0.0453. The molecule has 10 heteroatoms. The minimum atomic E-state index is -4.26. The van der Waals surface area contributed by atoms with Gasteiger partial charge in [0.05, 0.1) is 17.7 Å². The molecule has 4 aromatic rings. The molecule has 0 aromatic heterocycles. The van der Waals surface area contributed by atoms with Crippen LogP contribution in [0, 0.1) is 11.7 Å². The third-order valence-electron chi connectivity index (χ3n) is 7.22. The maximum absolute atomic E-state index is 15.0. The lowest BCUT2D eigenvalue weighted by Gasteiger charge is -2.34. The number of nitrogens with zero attached hydrogens (tertiary/aromatic N) is 2. The van der Waals surface area contributed by atoms with E-state index in [1.165, 1.54) is 42.3 Å². The van der Waals surface area contributed by atoms with Gasteiger partial charge in [0, 0.05) is 25.1 Å². The van der Waals surface area contributed by atoms with E-state index < -0.39 is 40.2 Å². The van der Waals surface area contributed by atoms with Crippen LogP contribution in [-0.4, -0.2) is 51.4 Å². The van der Waals surface area contributed by atoms with Gasteiger partial charge in [-0.3, -0.25) is 13.9 Å². The molecule has 2 amide bonds. The zero-order valence-corrected chi connectivity index (χ0v) is 26.4. The van der Waals surface area contributed by atoms with Crippen molar-refractivity contribution in [2.75, 3.05) is 24.5 Å². The van der Waals surface area contributed by atoms with Crippen LogP contribution in [0.2, 0.25) is 0 Å². The Labute approximate surface area is 264 Å². The molecule has 0 aliphatic heterocycles. The Kier molecular flexibility index (Phi) is 11.3. The van der Waals surface area contributed by atoms with Crippen molar-refractivity contribution in [3.63, 3.8) is 0 Å². The number of amides is 2. The summed E-state index contributed by atoms with van der Waals surface area (Å²) in [5.41, 5.74) is 1.25. The highest BCUT2D eigenvalue weighted by molar-refractivity contribution is 7.92. The number of hydrogen-bond acceptors (Lipinski definition) is 5. The van der Waals surface area contributed by atoms with Crippen LogP contribution in [0.4, 0.5) is 10.1 Å². The molecule has 0 saturated heterocycles. The van der Waals surface area contributed by atoms with E-state index in [9.17, 15) is 18.0 Å². The lowest BCUT2D eigenvalue weighted by Crippen LogP contribution is -2.53. The average Bonchev–Trinajstić information content (AvgIpc) is 3.05. The molecule has 4 rings (SSSR count). The third-order valence-corrected chi connectivity index (χ3v) is 9.01. The molecule has 4 aromatic carbocycles. The molecule has 8 nitrogen and oxygen atoms in total. The second kappa shape index (κ2) is 15.3. The van der Waals surface area contributed by atoms with Crippen LogP contribution in [0.25, 0.3) is 0 Å². The van der Waals surface area contributed by atoms with Gasteiger partial charge in [0.2, 0.25) is 11.8 Å². The summed E-state index contributed by atoms with van der Waals surface area (Å²) in [5, 5.41) is 2.92. The smallest absolute Gasteiger partial charge is 0.264 e. The molecule has 0 aliphatic rings. The molecule has 0 heterocycles. The van der Waals surface area contributed by atoms with Gasteiger partial charge in [-0.25, -0.2) is 12.8 Å². The van der Waals surface area contributed by atoms with Gasteiger partial charge in [0.1, 0.15) is 24.2 Å². The van der Waals surface area contributed by atoms with Crippen LogP contribution in [0.15, 0.2) is 114 Å². The molecule has 236 valence electrons. The average molecular weight is 632 g/mol. The van der Waals surface area contributed by atoms with E-state index >= 15 is 4.39 Å². The summed E-state index contributed by atoms with van der Waals surface area (Å²) < 4.78 is 49.3. The van der Waals surface area contributed by atoms with Crippen molar-refractivity contribution in [3.8, 4) is 5.75 Å². The molecule has 0 saturated carbocycles. The Morgan fingerprint density at radius 2 is 1.44 bits per heavy atom. The zero-order chi connectivity index (χ0) is 32.4. The lowest BCUT2D eigenvalue weighted by atomic mass is 10.0. The maximum Gasteiger partial charge on any atom is 0.264 e. The number of carbonyl (C=O) groups excluding carboxylic acids is 2. The Bertz CT molecular complexity index is 1670. The first-order chi connectivity index (χ1) is 21.6. The van der Waals surface area contributed by atoms with Crippen LogP contribution in [-0.2, 0) is 32.6 Å². The van der Waals surface area contributed by atoms with Gasteiger partial charge >= 0.3 is 0 Å². The van der Waals surface area contributed by atoms with Gasteiger partial charge in [-0.05, 0) is 53.9 Å². The number of methoxy groups -OCH3 is 1. The van der Waals surface area contributed by atoms with E-state index in [0.717, 1.165) is 9.87 Å². The first kappa shape index (κ1) is 33.2. The fourth-order valence-electron chi connectivity index (χ4n) is 4.78. The molecule has 1 N–H and O–H groups in total. The van der Waals surface area contributed by atoms with E-state index in [1.807, 2.05) is 44.2 Å². The normalized spacial score (nSPS) is 11.9. The predicted molar refractivity (Wildman–Crippen MR) is 173 cm³/mol. The van der Waals surface area contributed by atoms with E-state index in [1.54, 1.807) is 48.5 Å². The Balaban J connectivity index is 1.78. The zero-order valence-electron chi connectivity index (χ0n) is 25.6. The molecule has 0 spiro atoms. The standard InChI is InChI=1S/C35H38FN3O5S/c1-26(2)23-37-35(41)33(22-27-12-6-4-7-13-27)38(24-28-14-10-11-17-32(28)36)34(40)25-39(29-15-8-5-9-16-29)45(42,43)31-20-18-30(44-3)19-21-31/h4-21,26,33H,22-25H2,1-3H3,(H,37,41). The van der Waals surface area contributed by atoms with Crippen molar-refractivity contribution >= 4 is 27.5 Å². The predicted octanol–water partition coefficient (Wildman–Crippen LogP) is 5.44. The van der Waals surface area contributed by atoms with Crippen LogP contribution in [0.1, 0.15) is 25.0 Å². The van der Waals surface area contributed by atoms with Gasteiger partial charge in [0.15, 0.2) is 0 Å². The number of hydrogen-bond donors (Lipinski definition) is 1. The summed E-state index contributed by atoms with van der Waals surface area (Å²) in [4.78, 5) is 29.4. The SMILES string of the molecule is COc1ccc(S(=O)(=O)N(CC(=O)N(Cc2ccccc2F)C(Cc2ccccc2)C(=O)NCC(C)C)c2ccccc2)cc1. The van der Waals surface area contributed by atoms with Crippen molar-refractivity contribution in [1.29, 1.82) is 0 Å². The van der Waals surface area contributed by atoms with Crippen molar-refractivity contribution in [2.24, 2.45) is 5.92 Å². The van der Waals surface area contributed by atoms with Crippen LogP contribution < -0.4 is 14.4 Å². The lowest BCUT2D eigenvalue weighted by molar-refractivity contribution is -0.140. The molecule has 45 heavy (non-hydrogen) atoms. The van der Waals surface area contributed by atoms with Gasteiger partial charge in [-0.2, -0.15) is 0 Å². The topological polar surface area (TPSA) is 96.0 Å². The molecule has 0 radical (unpaired) electrons. The van der Waals surface area contributed by atoms with E-state index in [-0.39, 0.29) is 35.0 Å². The number of ether oxygens (including phenoxy) is 1. The summed E-state index contributed by atoms with van der Waals surface area (Å²) in [6.45, 7) is 3.40. The Morgan fingerprint density at radius 3 is 2.04 bits per heavy atom. The highest BCUT2D eigenvalue weighted by atomic mass is 32.2. The molecule has 0 aliphatic carbocycles. The Morgan fingerprint density at radius 1 is 0.844 bits per heavy atom. The highest BCUT2D eigenvalue weighted by Crippen LogP contribution is 2.26.